The first kappa shape index (κ1) is 21.5. The molecule has 0 aromatic rings. The summed E-state index contributed by atoms with van der Waals surface area (Å²) in [6.45, 7) is 13.6. The van der Waals surface area contributed by atoms with Gasteiger partial charge in [0.25, 0.3) is 0 Å². The standard InChI is InChI=1S/C17H32N4.HI/c1-6-10-19-17(18-7-2)20-13-16(14(3)4)21-11-8-15(5)9-12-21;/h1,14-16H,7-13H2,2-5H3,(H2,18,19,20);1H. The van der Waals surface area contributed by atoms with Gasteiger partial charge in [0, 0.05) is 12.6 Å². The number of halogens is 1. The van der Waals surface area contributed by atoms with Crippen LogP contribution in [0, 0.1) is 24.2 Å². The zero-order valence-electron chi connectivity index (χ0n) is 14.6. The normalized spacial score (nSPS) is 18.5. The molecule has 0 aliphatic carbocycles. The van der Waals surface area contributed by atoms with E-state index in [0.717, 1.165) is 25.0 Å². The fraction of sp³-hybridized carbons (Fsp3) is 0.824. The minimum atomic E-state index is 0. The van der Waals surface area contributed by atoms with Crippen LogP contribution in [0.3, 0.4) is 0 Å². The van der Waals surface area contributed by atoms with Crippen molar-refractivity contribution < 1.29 is 0 Å². The third kappa shape index (κ3) is 7.68. The number of piperidine rings is 1. The van der Waals surface area contributed by atoms with Crippen molar-refractivity contribution in [3.05, 3.63) is 0 Å². The van der Waals surface area contributed by atoms with Gasteiger partial charge in [0.2, 0.25) is 0 Å². The number of nitrogens with zero attached hydrogens (tertiary/aromatic N) is 2. The average Bonchev–Trinajstić information content (AvgIpc) is 2.46. The zero-order chi connectivity index (χ0) is 15.7. The largest absolute Gasteiger partial charge is 0.357 e. The molecule has 0 aromatic carbocycles. The van der Waals surface area contributed by atoms with Crippen molar-refractivity contribution in [2.24, 2.45) is 16.8 Å². The molecule has 1 rings (SSSR count). The quantitative estimate of drug-likeness (QED) is 0.300. The molecule has 0 aromatic heterocycles. The maximum Gasteiger partial charge on any atom is 0.192 e. The Morgan fingerprint density at radius 2 is 1.95 bits per heavy atom. The number of guanidine groups is 1. The summed E-state index contributed by atoms with van der Waals surface area (Å²) in [4.78, 5) is 7.33. The van der Waals surface area contributed by atoms with E-state index in [1.54, 1.807) is 0 Å². The van der Waals surface area contributed by atoms with Gasteiger partial charge in [-0.2, -0.15) is 0 Å². The minimum Gasteiger partial charge on any atom is -0.357 e. The third-order valence-corrected chi connectivity index (χ3v) is 4.20. The van der Waals surface area contributed by atoms with Crippen LogP contribution in [0.5, 0.6) is 0 Å². The summed E-state index contributed by atoms with van der Waals surface area (Å²) in [5.74, 6) is 4.89. The van der Waals surface area contributed by atoms with Gasteiger partial charge in [-0.1, -0.05) is 26.7 Å². The Kier molecular flexibility index (Phi) is 11.7. The van der Waals surface area contributed by atoms with Gasteiger partial charge in [-0.05, 0) is 44.7 Å². The van der Waals surface area contributed by atoms with E-state index >= 15 is 0 Å². The number of terminal acetylenes is 1. The summed E-state index contributed by atoms with van der Waals surface area (Å²) in [6.07, 6.45) is 7.92. The van der Waals surface area contributed by atoms with Crippen LogP contribution in [0.2, 0.25) is 0 Å². The van der Waals surface area contributed by atoms with Crippen molar-refractivity contribution in [3.8, 4) is 12.3 Å². The van der Waals surface area contributed by atoms with Crippen LogP contribution in [0.25, 0.3) is 0 Å². The molecule has 22 heavy (non-hydrogen) atoms. The van der Waals surface area contributed by atoms with E-state index in [4.69, 9.17) is 11.4 Å². The van der Waals surface area contributed by atoms with Gasteiger partial charge < -0.3 is 10.6 Å². The molecule has 4 nitrogen and oxygen atoms in total. The fourth-order valence-corrected chi connectivity index (χ4v) is 2.77. The molecule has 0 spiro atoms. The Morgan fingerprint density at radius 3 is 2.45 bits per heavy atom. The Balaban J connectivity index is 0.00000441. The second kappa shape index (κ2) is 12.0. The minimum absolute atomic E-state index is 0. The lowest BCUT2D eigenvalue weighted by Crippen LogP contribution is -2.46. The number of aliphatic imine (C=N–C) groups is 1. The first-order chi connectivity index (χ1) is 10.1. The summed E-state index contributed by atoms with van der Waals surface area (Å²) < 4.78 is 0. The van der Waals surface area contributed by atoms with E-state index in [-0.39, 0.29) is 24.0 Å². The Hall–Kier alpha value is -0.480. The fourth-order valence-electron chi connectivity index (χ4n) is 2.77. The molecule has 0 saturated carbocycles. The average molecular weight is 420 g/mol. The molecule has 0 bridgehead atoms. The van der Waals surface area contributed by atoms with E-state index < -0.39 is 0 Å². The smallest absolute Gasteiger partial charge is 0.192 e. The van der Waals surface area contributed by atoms with E-state index in [9.17, 15) is 0 Å². The molecular formula is C17H33IN4. The van der Waals surface area contributed by atoms with Crippen LogP contribution in [0.15, 0.2) is 4.99 Å². The molecule has 1 saturated heterocycles. The molecule has 1 heterocycles. The van der Waals surface area contributed by atoms with Gasteiger partial charge in [0.1, 0.15) is 0 Å². The number of likely N-dealkylation sites (tertiary alicyclic amines) is 1. The highest BCUT2D eigenvalue weighted by atomic mass is 127. The number of rotatable bonds is 6. The van der Waals surface area contributed by atoms with E-state index in [0.29, 0.717) is 18.5 Å². The van der Waals surface area contributed by atoms with Gasteiger partial charge in [0.05, 0.1) is 13.1 Å². The molecular weight excluding hydrogens is 387 g/mol. The van der Waals surface area contributed by atoms with Gasteiger partial charge in [-0.15, -0.1) is 30.4 Å². The highest BCUT2D eigenvalue weighted by molar-refractivity contribution is 14.0. The molecule has 0 amide bonds. The SMILES string of the molecule is C#CCNC(=NCC(C(C)C)N1CCC(C)CC1)NCC.I. The summed E-state index contributed by atoms with van der Waals surface area (Å²) in [5.41, 5.74) is 0. The molecule has 0 radical (unpaired) electrons. The van der Waals surface area contributed by atoms with Gasteiger partial charge in [0.15, 0.2) is 5.96 Å². The molecule has 5 heteroatoms. The van der Waals surface area contributed by atoms with Gasteiger partial charge >= 0.3 is 0 Å². The number of nitrogens with one attached hydrogen (secondary N) is 2. The Labute approximate surface area is 153 Å². The van der Waals surface area contributed by atoms with Crippen molar-refractivity contribution in [2.45, 2.75) is 46.6 Å². The lowest BCUT2D eigenvalue weighted by Gasteiger charge is -2.38. The van der Waals surface area contributed by atoms with Crippen LogP contribution in [-0.4, -0.2) is 49.6 Å². The lowest BCUT2D eigenvalue weighted by atomic mass is 9.94. The highest BCUT2D eigenvalue weighted by Gasteiger charge is 2.25. The molecule has 1 aliphatic rings. The highest BCUT2D eigenvalue weighted by Crippen LogP contribution is 2.21. The van der Waals surface area contributed by atoms with Crippen molar-refractivity contribution in [1.82, 2.24) is 15.5 Å². The first-order valence-corrected chi connectivity index (χ1v) is 8.28. The van der Waals surface area contributed by atoms with Crippen molar-refractivity contribution >= 4 is 29.9 Å². The maximum absolute atomic E-state index is 5.30. The third-order valence-electron chi connectivity index (χ3n) is 4.20. The van der Waals surface area contributed by atoms with Crippen LogP contribution in [-0.2, 0) is 0 Å². The molecule has 1 unspecified atom stereocenters. The molecule has 1 atom stereocenters. The van der Waals surface area contributed by atoms with Crippen LogP contribution in [0.1, 0.15) is 40.5 Å². The van der Waals surface area contributed by atoms with Crippen molar-refractivity contribution in [2.75, 3.05) is 32.7 Å². The molecule has 2 N–H and O–H groups in total. The second-order valence-corrected chi connectivity index (χ2v) is 6.31. The predicted molar refractivity (Wildman–Crippen MR) is 107 cm³/mol. The van der Waals surface area contributed by atoms with Gasteiger partial charge in [-0.3, -0.25) is 9.89 Å². The Bertz CT molecular complexity index is 354. The topological polar surface area (TPSA) is 39.7 Å². The maximum atomic E-state index is 5.30. The van der Waals surface area contributed by atoms with Crippen LogP contribution >= 0.6 is 24.0 Å². The summed E-state index contributed by atoms with van der Waals surface area (Å²) >= 11 is 0. The Morgan fingerprint density at radius 1 is 1.32 bits per heavy atom. The van der Waals surface area contributed by atoms with E-state index in [2.05, 4.69) is 49.1 Å². The van der Waals surface area contributed by atoms with Crippen LogP contribution < -0.4 is 10.6 Å². The number of hydrogen-bond donors (Lipinski definition) is 2. The van der Waals surface area contributed by atoms with E-state index in [1.165, 1.54) is 25.9 Å². The molecule has 1 fully saturated rings. The van der Waals surface area contributed by atoms with Crippen molar-refractivity contribution in [1.29, 1.82) is 0 Å². The lowest BCUT2D eigenvalue weighted by molar-refractivity contribution is 0.113. The van der Waals surface area contributed by atoms with Crippen LogP contribution in [0.4, 0.5) is 0 Å². The van der Waals surface area contributed by atoms with Crippen molar-refractivity contribution in [3.63, 3.8) is 0 Å². The summed E-state index contributed by atoms with van der Waals surface area (Å²) in [6, 6.07) is 0.513. The first-order valence-electron chi connectivity index (χ1n) is 8.28. The number of hydrogen-bond acceptors (Lipinski definition) is 2. The van der Waals surface area contributed by atoms with E-state index in [1.807, 2.05) is 0 Å². The molecule has 128 valence electrons. The second-order valence-electron chi connectivity index (χ2n) is 6.31. The zero-order valence-corrected chi connectivity index (χ0v) is 16.9. The summed E-state index contributed by atoms with van der Waals surface area (Å²) in [5, 5.41) is 6.41. The molecule has 1 aliphatic heterocycles. The monoisotopic (exact) mass is 420 g/mol. The van der Waals surface area contributed by atoms with Gasteiger partial charge in [-0.25, -0.2) is 0 Å². The predicted octanol–water partition coefficient (Wildman–Crippen LogP) is 2.55. The summed E-state index contributed by atoms with van der Waals surface area (Å²) in [7, 11) is 0.